The molecule has 0 spiro atoms. The Morgan fingerprint density at radius 2 is 1.95 bits per heavy atom. The van der Waals surface area contributed by atoms with E-state index in [0.29, 0.717) is 16.9 Å². The van der Waals surface area contributed by atoms with E-state index in [9.17, 15) is 28.3 Å². The highest BCUT2D eigenvalue weighted by Gasteiger charge is 2.32. The number of amides is 1. The number of hydrogen-bond acceptors (Lipinski definition) is 6. The van der Waals surface area contributed by atoms with Crippen LogP contribution < -0.4 is 15.5 Å². The van der Waals surface area contributed by atoms with Crippen molar-refractivity contribution in [1.29, 1.82) is 0 Å². The Labute approximate surface area is 221 Å². The van der Waals surface area contributed by atoms with Crippen LogP contribution in [0.4, 0.5) is 13.6 Å². The van der Waals surface area contributed by atoms with Crippen molar-refractivity contribution in [2.75, 3.05) is 0 Å². The van der Waals surface area contributed by atoms with Crippen molar-refractivity contribution >= 4 is 34.3 Å². The number of carboxylic acid groups (broad SMARTS) is 1. The third-order valence-corrected chi connectivity index (χ3v) is 7.84. The first-order valence-corrected chi connectivity index (χ1v) is 13.3. The van der Waals surface area contributed by atoms with Crippen molar-refractivity contribution in [2.24, 2.45) is 0 Å². The minimum Gasteiger partial charge on any atom is -0.477 e. The monoisotopic (exact) mass is 546 g/mol. The van der Waals surface area contributed by atoms with Crippen LogP contribution in [0.5, 0.6) is 5.75 Å². The molecule has 1 amide bonds. The van der Waals surface area contributed by atoms with E-state index >= 15 is 0 Å². The summed E-state index contributed by atoms with van der Waals surface area (Å²) in [5.41, 5.74) is -0.373. The molecule has 2 N–H and O–H groups in total. The van der Waals surface area contributed by atoms with Crippen molar-refractivity contribution in [3.63, 3.8) is 0 Å². The summed E-state index contributed by atoms with van der Waals surface area (Å²) in [7, 11) is 0. The second-order valence-corrected chi connectivity index (χ2v) is 11.7. The highest BCUT2D eigenvalue weighted by molar-refractivity contribution is 7.15. The van der Waals surface area contributed by atoms with Crippen LogP contribution in [-0.2, 0) is 11.2 Å². The van der Waals surface area contributed by atoms with Gasteiger partial charge in [0.1, 0.15) is 11.2 Å². The number of hydrogen-bond donors (Lipinski definition) is 2. The highest BCUT2D eigenvalue weighted by Crippen LogP contribution is 2.47. The zero-order valence-electron chi connectivity index (χ0n) is 21.2. The maximum Gasteiger partial charge on any atom is 0.408 e. The lowest BCUT2D eigenvalue weighted by Crippen LogP contribution is -2.35. The van der Waals surface area contributed by atoms with E-state index < -0.39 is 35.3 Å². The van der Waals surface area contributed by atoms with Gasteiger partial charge in [-0.25, -0.2) is 9.59 Å². The number of aryl methyl sites for hydroxylation is 1. The van der Waals surface area contributed by atoms with Gasteiger partial charge in [-0.1, -0.05) is 0 Å². The number of aromatic nitrogens is 1. The van der Waals surface area contributed by atoms with Gasteiger partial charge in [0.25, 0.3) is 0 Å². The number of ether oxygens (including phenoxy) is 2. The fraction of sp³-hybridized carbons (Fsp3) is 0.444. The first-order chi connectivity index (χ1) is 17.9. The maximum absolute atomic E-state index is 13.7. The van der Waals surface area contributed by atoms with Crippen molar-refractivity contribution in [3.05, 3.63) is 50.6 Å². The maximum atomic E-state index is 13.7. The number of benzene rings is 1. The number of alkyl halides is 2. The molecule has 0 saturated heterocycles. The summed E-state index contributed by atoms with van der Waals surface area (Å²) in [4.78, 5) is 38.8. The molecule has 2 aliphatic rings. The summed E-state index contributed by atoms with van der Waals surface area (Å²) in [6.07, 6.45) is 4.50. The fourth-order valence-electron chi connectivity index (χ4n) is 4.90. The molecule has 1 aromatic carbocycles. The number of nitrogens with one attached hydrogen (secondary N) is 1. The molecule has 1 fully saturated rings. The van der Waals surface area contributed by atoms with Gasteiger partial charge in [-0.3, -0.25) is 4.79 Å². The van der Waals surface area contributed by atoms with Crippen LogP contribution in [0.2, 0.25) is 0 Å². The molecule has 1 unspecified atom stereocenters. The van der Waals surface area contributed by atoms with Gasteiger partial charge in [0.2, 0.25) is 5.43 Å². The van der Waals surface area contributed by atoms with Crippen molar-refractivity contribution in [2.45, 2.75) is 77.2 Å². The molecule has 11 heteroatoms. The topological polar surface area (TPSA) is 107 Å². The number of nitrogens with zero attached hydrogens (tertiary/aromatic N) is 1. The smallest absolute Gasteiger partial charge is 0.408 e. The van der Waals surface area contributed by atoms with E-state index in [-0.39, 0.29) is 28.7 Å². The normalized spacial score (nSPS) is 17.4. The third kappa shape index (κ3) is 5.11. The lowest BCUT2D eigenvalue weighted by Gasteiger charge is -2.26. The second-order valence-electron chi connectivity index (χ2n) is 10.6. The molecule has 1 saturated carbocycles. The quantitative estimate of drug-likeness (QED) is 0.378. The summed E-state index contributed by atoms with van der Waals surface area (Å²) >= 11 is 1.43. The minimum atomic E-state index is -3.16. The van der Waals surface area contributed by atoms with E-state index in [1.165, 1.54) is 29.7 Å². The van der Waals surface area contributed by atoms with Gasteiger partial charge >= 0.3 is 18.7 Å². The summed E-state index contributed by atoms with van der Waals surface area (Å²) in [6, 6.07) is 4.47. The molecule has 1 atom stereocenters. The molecule has 0 bridgehead atoms. The van der Waals surface area contributed by atoms with E-state index in [0.717, 1.165) is 36.1 Å². The minimum absolute atomic E-state index is 0.0157. The Kier molecular flexibility index (Phi) is 6.66. The third-order valence-electron chi connectivity index (χ3n) is 6.59. The molecule has 202 valence electrons. The Balaban J connectivity index is 1.63. The number of alkyl carbamates (subject to hydrolysis) is 1. The number of fused-ring (bicyclic) bond motifs is 2. The van der Waals surface area contributed by atoms with E-state index in [1.807, 2.05) is 6.07 Å². The van der Waals surface area contributed by atoms with Crippen LogP contribution in [-0.4, -0.2) is 33.9 Å². The van der Waals surface area contributed by atoms with Crippen LogP contribution in [0.3, 0.4) is 0 Å². The van der Waals surface area contributed by atoms with Gasteiger partial charge in [0.05, 0.1) is 16.9 Å². The average Bonchev–Trinajstić information content (AvgIpc) is 3.56. The van der Waals surface area contributed by atoms with E-state index in [4.69, 9.17) is 9.47 Å². The Morgan fingerprint density at radius 1 is 1.21 bits per heavy atom. The number of thiophene rings is 1. The number of carbonyl (C=O) groups is 2. The SMILES string of the molecule is CC(C)(C)OC(=O)NC1CCCc2sc(-c3ccc4c(=O)c(C(=O)O)cn(C5CC5)c4c3OC(F)F)cc21. The number of carboxylic acids is 1. The number of halogens is 2. The van der Waals surface area contributed by atoms with Crippen LogP contribution in [0.25, 0.3) is 21.3 Å². The number of aromatic carboxylic acids is 1. The van der Waals surface area contributed by atoms with Crippen molar-refractivity contribution in [3.8, 4) is 16.2 Å². The summed E-state index contributed by atoms with van der Waals surface area (Å²) < 4.78 is 39.5. The zero-order chi connectivity index (χ0) is 27.4. The average molecular weight is 547 g/mol. The van der Waals surface area contributed by atoms with Gasteiger partial charge in [0.15, 0.2) is 5.75 Å². The molecule has 2 aliphatic carbocycles. The van der Waals surface area contributed by atoms with Gasteiger partial charge < -0.3 is 24.5 Å². The summed E-state index contributed by atoms with van der Waals surface area (Å²) in [5.74, 6) is -1.53. The highest BCUT2D eigenvalue weighted by atomic mass is 32.1. The van der Waals surface area contributed by atoms with E-state index in [2.05, 4.69) is 5.32 Å². The molecule has 0 radical (unpaired) electrons. The zero-order valence-corrected chi connectivity index (χ0v) is 22.0. The largest absolute Gasteiger partial charge is 0.477 e. The van der Waals surface area contributed by atoms with Crippen LogP contribution in [0, 0.1) is 0 Å². The molecule has 38 heavy (non-hydrogen) atoms. The Hall–Kier alpha value is -3.47. The lowest BCUT2D eigenvalue weighted by molar-refractivity contribution is -0.0486. The van der Waals surface area contributed by atoms with Gasteiger partial charge in [-0.15, -0.1) is 11.3 Å². The molecular weight excluding hydrogens is 518 g/mol. The predicted octanol–water partition coefficient (Wildman–Crippen LogP) is 6.27. The molecule has 8 nitrogen and oxygen atoms in total. The number of pyridine rings is 1. The van der Waals surface area contributed by atoms with Crippen LogP contribution in [0.15, 0.2) is 29.2 Å². The molecule has 3 aromatic rings. The molecular formula is C27H28F2N2O6S. The standard InChI is InChI=1S/C27H28F2N2O6S/c1-27(2,3)37-26(35)30-18-5-4-6-19-16(18)11-20(38-19)14-9-10-15-21(23(14)36-25(28)29)31(13-7-8-13)12-17(22(15)32)24(33)34/h9-13,18,25H,4-8H2,1-3H3,(H,30,35)(H,33,34). The predicted molar refractivity (Wildman–Crippen MR) is 138 cm³/mol. The van der Waals surface area contributed by atoms with Crippen LogP contribution >= 0.6 is 11.3 Å². The molecule has 5 rings (SSSR count). The lowest BCUT2D eigenvalue weighted by atomic mass is 9.93. The second kappa shape index (κ2) is 9.68. The van der Waals surface area contributed by atoms with Gasteiger partial charge in [0, 0.05) is 27.6 Å². The molecule has 0 aliphatic heterocycles. The molecule has 2 aromatic heterocycles. The molecule has 2 heterocycles. The summed E-state index contributed by atoms with van der Waals surface area (Å²) in [5, 5.41) is 12.5. The van der Waals surface area contributed by atoms with Gasteiger partial charge in [-0.05, 0) is 76.6 Å². The first-order valence-electron chi connectivity index (χ1n) is 12.5. The number of rotatable bonds is 6. The number of carbonyl (C=O) groups excluding carboxylic acids is 1. The fourth-order valence-corrected chi connectivity index (χ4v) is 6.19. The van der Waals surface area contributed by atoms with E-state index in [1.54, 1.807) is 25.3 Å². The van der Waals surface area contributed by atoms with Crippen molar-refractivity contribution < 1.29 is 33.0 Å². The Morgan fingerprint density at radius 3 is 2.58 bits per heavy atom. The summed E-state index contributed by atoms with van der Waals surface area (Å²) in [6.45, 7) is 2.20. The van der Waals surface area contributed by atoms with Crippen molar-refractivity contribution in [1.82, 2.24) is 9.88 Å². The van der Waals surface area contributed by atoms with Crippen LogP contribution in [0.1, 0.15) is 79.3 Å². The Bertz CT molecular complexity index is 1490. The first kappa shape index (κ1) is 26.1. The van der Waals surface area contributed by atoms with Gasteiger partial charge in [-0.2, -0.15) is 8.78 Å².